The van der Waals surface area contributed by atoms with E-state index in [4.69, 9.17) is 4.74 Å². The van der Waals surface area contributed by atoms with Crippen LogP contribution >= 0.6 is 0 Å². The first kappa shape index (κ1) is 13.7. The molecule has 0 heterocycles. The van der Waals surface area contributed by atoms with Crippen LogP contribution in [0.15, 0.2) is 12.7 Å². The van der Waals surface area contributed by atoms with Gasteiger partial charge in [-0.25, -0.2) is 0 Å². The molecule has 0 amide bonds. The van der Waals surface area contributed by atoms with Gasteiger partial charge in [-0.05, 0) is 31.7 Å². The molecule has 0 saturated heterocycles. The molecule has 0 aromatic heterocycles. The molecule has 0 aromatic rings. The highest BCUT2D eigenvalue weighted by Gasteiger charge is 2.10. The number of methoxy groups -OCH3 is 1. The predicted molar refractivity (Wildman–Crippen MR) is 62.6 cm³/mol. The van der Waals surface area contributed by atoms with Crippen molar-refractivity contribution in [2.45, 2.75) is 39.2 Å². The zero-order valence-electron chi connectivity index (χ0n) is 9.88. The summed E-state index contributed by atoms with van der Waals surface area (Å²) in [7, 11) is 1.76. The fourth-order valence-corrected chi connectivity index (χ4v) is 1.65. The van der Waals surface area contributed by atoms with E-state index in [1.165, 1.54) is 12.8 Å². The lowest BCUT2D eigenvalue weighted by molar-refractivity contribution is 0.149. The molecule has 0 bridgehead atoms. The summed E-state index contributed by atoms with van der Waals surface area (Å²) in [6, 6.07) is 0.567. The highest BCUT2D eigenvalue weighted by Crippen LogP contribution is 2.09. The summed E-state index contributed by atoms with van der Waals surface area (Å²) in [6.07, 6.45) is 5.40. The molecule has 14 heavy (non-hydrogen) atoms. The Morgan fingerprint density at radius 1 is 1.50 bits per heavy atom. The lowest BCUT2D eigenvalue weighted by Gasteiger charge is -2.20. The molecule has 0 aliphatic rings. The molecule has 0 spiro atoms. The zero-order chi connectivity index (χ0) is 10.8. The summed E-state index contributed by atoms with van der Waals surface area (Å²) < 4.78 is 5.13. The number of nitrogens with one attached hydrogen (secondary N) is 1. The first-order valence-electron chi connectivity index (χ1n) is 5.57. The minimum atomic E-state index is 0.567. The van der Waals surface area contributed by atoms with Gasteiger partial charge in [0.2, 0.25) is 0 Å². The number of hydrogen-bond donors (Lipinski definition) is 1. The second-order valence-electron chi connectivity index (χ2n) is 3.97. The molecule has 2 atom stereocenters. The van der Waals surface area contributed by atoms with Crippen LogP contribution in [0.1, 0.15) is 33.1 Å². The Morgan fingerprint density at radius 2 is 2.21 bits per heavy atom. The molecule has 2 heteroatoms. The Bertz CT molecular complexity index is 136. The van der Waals surface area contributed by atoms with Crippen LogP contribution in [0.25, 0.3) is 0 Å². The van der Waals surface area contributed by atoms with Crippen LogP contribution in [0.4, 0.5) is 0 Å². The summed E-state index contributed by atoms with van der Waals surface area (Å²) in [5, 5.41) is 3.53. The lowest BCUT2D eigenvalue weighted by Crippen LogP contribution is -2.31. The first-order chi connectivity index (χ1) is 6.74. The van der Waals surface area contributed by atoms with Crippen molar-refractivity contribution in [3.8, 4) is 0 Å². The number of ether oxygens (including phenoxy) is 1. The van der Waals surface area contributed by atoms with Crippen LogP contribution in [0.3, 0.4) is 0 Å². The molecular formula is C12H25NO. The van der Waals surface area contributed by atoms with E-state index in [9.17, 15) is 0 Å². The van der Waals surface area contributed by atoms with E-state index in [0.717, 1.165) is 19.6 Å². The topological polar surface area (TPSA) is 21.3 Å². The molecule has 0 aliphatic heterocycles. The van der Waals surface area contributed by atoms with Crippen LogP contribution < -0.4 is 5.32 Å². The van der Waals surface area contributed by atoms with Crippen molar-refractivity contribution >= 4 is 0 Å². The monoisotopic (exact) mass is 199 g/mol. The van der Waals surface area contributed by atoms with Crippen LogP contribution in [0.5, 0.6) is 0 Å². The van der Waals surface area contributed by atoms with E-state index >= 15 is 0 Å². The largest absolute Gasteiger partial charge is 0.384 e. The summed E-state index contributed by atoms with van der Waals surface area (Å²) >= 11 is 0. The SMILES string of the molecule is C=CCC(CC(C)COC)NCCC. The van der Waals surface area contributed by atoms with E-state index in [1.54, 1.807) is 7.11 Å². The van der Waals surface area contributed by atoms with Gasteiger partial charge in [-0.3, -0.25) is 0 Å². The van der Waals surface area contributed by atoms with Crippen molar-refractivity contribution in [1.29, 1.82) is 0 Å². The summed E-state index contributed by atoms with van der Waals surface area (Å²) in [4.78, 5) is 0. The Balaban J connectivity index is 3.75. The Kier molecular flexibility index (Phi) is 9.00. The molecule has 0 rings (SSSR count). The third-order valence-corrected chi connectivity index (χ3v) is 2.27. The summed E-state index contributed by atoms with van der Waals surface area (Å²) in [6.45, 7) is 10.2. The molecule has 1 N–H and O–H groups in total. The molecule has 0 aliphatic carbocycles. The maximum atomic E-state index is 5.13. The van der Waals surface area contributed by atoms with Gasteiger partial charge in [0, 0.05) is 19.8 Å². The third kappa shape index (κ3) is 7.10. The van der Waals surface area contributed by atoms with Crippen molar-refractivity contribution in [2.24, 2.45) is 5.92 Å². The van der Waals surface area contributed by atoms with E-state index in [-0.39, 0.29) is 0 Å². The molecule has 0 aromatic carbocycles. The second kappa shape index (κ2) is 9.22. The maximum Gasteiger partial charge on any atom is 0.0488 e. The van der Waals surface area contributed by atoms with Gasteiger partial charge in [-0.2, -0.15) is 0 Å². The van der Waals surface area contributed by atoms with E-state index in [0.29, 0.717) is 12.0 Å². The van der Waals surface area contributed by atoms with Crippen molar-refractivity contribution in [3.05, 3.63) is 12.7 Å². The van der Waals surface area contributed by atoms with Crippen molar-refractivity contribution in [3.63, 3.8) is 0 Å². The van der Waals surface area contributed by atoms with E-state index in [2.05, 4.69) is 25.7 Å². The predicted octanol–water partition coefficient (Wildman–Crippen LogP) is 2.60. The molecule has 2 unspecified atom stereocenters. The van der Waals surface area contributed by atoms with Gasteiger partial charge in [-0.15, -0.1) is 6.58 Å². The molecular weight excluding hydrogens is 174 g/mol. The zero-order valence-corrected chi connectivity index (χ0v) is 9.88. The van der Waals surface area contributed by atoms with E-state index < -0.39 is 0 Å². The second-order valence-corrected chi connectivity index (χ2v) is 3.97. The minimum absolute atomic E-state index is 0.567. The normalized spacial score (nSPS) is 15.1. The fraction of sp³-hybridized carbons (Fsp3) is 0.833. The van der Waals surface area contributed by atoms with Crippen LogP contribution in [-0.4, -0.2) is 26.3 Å². The van der Waals surface area contributed by atoms with Crippen molar-refractivity contribution in [2.75, 3.05) is 20.3 Å². The molecule has 0 fully saturated rings. The van der Waals surface area contributed by atoms with Crippen LogP contribution in [-0.2, 0) is 4.74 Å². The molecule has 84 valence electrons. The first-order valence-corrected chi connectivity index (χ1v) is 5.57. The minimum Gasteiger partial charge on any atom is -0.384 e. The third-order valence-electron chi connectivity index (χ3n) is 2.27. The highest BCUT2D eigenvalue weighted by molar-refractivity contribution is 4.79. The summed E-state index contributed by atoms with van der Waals surface area (Å²) in [5.74, 6) is 0.620. The van der Waals surface area contributed by atoms with Gasteiger partial charge in [0.05, 0.1) is 0 Å². The van der Waals surface area contributed by atoms with E-state index in [1.807, 2.05) is 6.08 Å². The van der Waals surface area contributed by atoms with Crippen molar-refractivity contribution in [1.82, 2.24) is 5.32 Å². The molecule has 2 nitrogen and oxygen atoms in total. The quantitative estimate of drug-likeness (QED) is 0.576. The summed E-state index contributed by atoms with van der Waals surface area (Å²) in [5.41, 5.74) is 0. The van der Waals surface area contributed by atoms with Gasteiger partial charge in [0.25, 0.3) is 0 Å². The van der Waals surface area contributed by atoms with Crippen molar-refractivity contribution < 1.29 is 4.74 Å². The lowest BCUT2D eigenvalue weighted by atomic mass is 10.00. The van der Waals surface area contributed by atoms with Gasteiger partial charge >= 0.3 is 0 Å². The van der Waals surface area contributed by atoms with Gasteiger partial charge in [0.15, 0.2) is 0 Å². The number of hydrogen-bond acceptors (Lipinski definition) is 2. The maximum absolute atomic E-state index is 5.13. The fourth-order valence-electron chi connectivity index (χ4n) is 1.65. The van der Waals surface area contributed by atoms with Crippen LogP contribution in [0, 0.1) is 5.92 Å². The average molecular weight is 199 g/mol. The van der Waals surface area contributed by atoms with Gasteiger partial charge in [-0.1, -0.05) is 19.9 Å². The highest BCUT2D eigenvalue weighted by atomic mass is 16.5. The Morgan fingerprint density at radius 3 is 2.71 bits per heavy atom. The smallest absolute Gasteiger partial charge is 0.0488 e. The Hall–Kier alpha value is -0.340. The number of rotatable bonds is 9. The van der Waals surface area contributed by atoms with Gasteiger partial charge < -0.3 is 10.1 Å². The standard InChI is InChI=1S/C12H25NO/c1-5-7-12(13-8-6-2)9-11(3)10-14-4/h5,11-13H,1,6-10H2,2-4H3. The van der Waals surface area contributed by atoms with Crippen LogP contribution in [0.2, 0.25) is 0 Å². The average Bonchev–Trinajstić information content (AvgIpc) is 2.15. The molecule has 0 saturated carbocycles. The Labute approximate surface area is 88.7 Å². The van der Waals surface area contributed by atoms with Gasteiger partial charge in [0.1, 0.15) is 0 Å². The molecule has 0 radical (unpaired) electrons.